The van der Waals surface area contributed by atoms with Gasteiger partial charge in [0.05, 0.1) is 0 Å². The summed E-state index contributed by atoms with van der Waals surface area (Å²) < 4.78 is 5.44. The van der Waals surface area contributed by atoms with Gasteiger partial charge in [0, 0.05) is 31.9 Å². The Morgan fingerprint density at radius 1 is 1.37 bits per heavy atom. The van der Waals surface area contributed by atoms with Crippen molar-refractivity contribution >= 4 is 11.6 Å². The van der Waals surface area contributed by atoms with Gasteiger partial charge in [-0.1, -0.05) is 32.0 Å². The summed E-state index contributed by atoms with van der Waals surface area (Å²) in [4.78, 5) is 11.8. The van der Waals surface area contributed by atoms with Crippen LogP contribution < -0.4 is 11.1 Å². The third-order valence-corrected chi connectivity index (χ3v) is 2.66. The molecule has 1 aromatic rings. The SMILES string of the molecule is CC(C)COCCCC(=O)Nc1ccccc1CN. The molecule has 0 spiro atoms. The number of carbonyl (C=O) groups excluding carboxylic acids is 1. The van der Waals surface area contributed by atoms with Crippen molar-refractivity contribution in [3.63, 3.8) is 0 Å². The maximum absolute atomic E-state index is 11.8. The third-order valence-electron chi connectivity index (χ3n) is 2.66. The molecule has 106 valence electrons. The summed E-state index contributed by atoms with van der Waals surface area (Å²) in [6, 6.07) is 7.59. The summed E-state index contributed by atoms with van der Waals surface area (Å²) in [5.74, 6) is 0.541. The lowest BCUT2D eigenvalue weighted by Crippen LogP contribution is -2.15. The predicted octanol–water partition coefficient (Wildman–Crippen LogP) is 2.54. The van der Waals surface area contributed by atoms with E-state index in [0.29, 0.717) is 25.5 Å². The first-order valence-electron chi connectivity index (χ1n) is 6.79. The van der Waals surface area contributed by atoms with Gasteiger partial charge < -0.3 is 15.8 Å². The molecule has 0 radical (unpaired) electrons. The minimum Gasteiger partial charge on any atom is -0.381 e. The molecular formula is C15H24N2O2. The normalized spacial score (nSPS) is 10.7. The highest BCUT2D eigenvalue weighted by Crippen LogP contribution is 2.14. The number of nitrogens with one attached hydrogen (secondary N) is 1. The molecule has 0 aliphatic carbocycles. The smallest absolute Gasteiger partial charge is 0.224 e. The molecule has 0 fully saturated rings. The molecular weight excluding hydrogens is 240 g/mol. The van der Waals surface area contributed by atoms with Gasteiger partial charge in [-0.25, -0.2) is 0 Å². The number of rotatable bonds is 8. The number of benzene rings is 1. The lowest BCUT2D eigenvalue weighted by Gasteiger charge is -2.10. The van der Waals surface area contributed by atoms with Crippen molar-refractivity contribution in [1.29, 1.82) is 0 Å². The summed E-state index contributed by atoms with van der Waals surface area (Å²) in [5, 5.41) is 2.89. The van der Waals surface area contributed by atoms with Crippen molar-refractivity contribution in [3.05, 3.63) is 29.8 Å². The van der Waals surface area contributed by atoms with Crippen molar-refractivity contribution in [2.75, 3.05) is 18.5 Å². The Morgan fingerprint density at radius 3 is 2.79 bits per heavy atom. The van der Waals surface area contributed by atoms with Crippen LogP contribution in [-0.2, 0) is 16.1 Å². The molecule has 0 bridgehead atoms. The number of hydrogen-bond donors (Lipinski definition) is 2. The second-order valence-electron chi connectivity index (χ2n) is 4.98. The molecule has 1 amide bonds. The molecule has 1 aromatic carbocycles. The van der Waals surface area contributed by atoms with Crippen molar-refractivity contribution < 1.29 is 9.53 Å². The van der Waals surface area contributed by atoms with Crippen LogP contribution in [0, 0.1) is 5.92 Å². The van der Waals surface area contributed by atoms with E-state index in [1.165, 1.54) is 0 Å². The fraction of sp³-hybridized carbons (Fsp3) is 0.533. The summed E-state index contributed by atoms with van der Waals surface area (Å²) >= 11 is 0. The maximum Gasteiger partial charge on any atom is 0.224 e. The summed E-state index contributed by atoms with van der Waals surface area (Å²) in [6.45, 7) is 6.02. The number of carbonyl (C=O) groups is 1. The van der Waals surface area contributed by atoms with Crippen LogP contribution in [0.2, 0.25) is 0 Å². The van der Waals surface area contributed by atoms with E-state index in [1.807, 2.05) is 24.3 Å². The molecule has 0 aliphatic rings. The molecule has 3 N–H and O–H groups in total. The minimum atomic E-state index is 0.00838. The first-order valence-corrected chi connectivity index (χ1v) is 6.79. The van der Waals surface area contributed by atoms with E-state index < -0.39 is 0 Å². The van der Waals surface area contributed by atoms with Gasteiger partial charge in [-0.3, -0.25) is 4.79 Å². The molecule has 0 aliphatic heterocycles. The van der Waals surface area contributed by atoms with Gasteiger partial charge in [0.15, 0.2) is 0 Å². The molecule has 0 heterocycles. The second kappa shape index (κ2) is 8.67. The van der Waals surface area contributed by atoms with Crippen LogP contribution in [0.4, 0.5) is 5.69 Å². The van der Waals surface area contributed by atoms with Crippen molar-refractivity contribution in [2.45, 2.75) is 33.2 Å². The standard InChI is InChI=1S/C15H24N2O2/c1-12(2)11-19-9-5-8-15(18)17-14-7-4-3-6-13(14)10-16/h3-4,6-7,12H,5,8-11,16H2,1-2H3,(H,17,18). The van der Waals surface area contributed by atoms with Crippen molar-refractivity contribution in [2.24, 2.45) is 11.7 Å². The first kappa shape index (κ1) is 15.7. The number of nitrogens with two attached hydrogens (primary N) is 1. The fourth-order valence-electron chi connectivity index (χ4n) is 1.69. The molecule has 0 atom stereocenters. The Hall–Kier alpha value is -1.39. The number of amides is 1. The van der Waals surface area contributed by atoms with E-state index in [2.05, 4.69) is 19.2 Å². The van der Waals surface area contributed by atoms with Crippen LogP contribution in [0.1, 0.15) is 32.3 Å². The van der Waals surface area contributed by atoms with Gasteiger partial charge in [0.25, 0.3) is 0 Å². The number of ether oxygens (including phenoxy) is 1. The quantitative estimate of drug-likeness (QED) is 0.709. The third kappa shape index (κ3) is 6.36. The number of hydrogen-bond acceptors (Lipinski definition) is 3. The zero-order chi connectivity index (χ0) is 14.1. The Bertz CT molecular complexity index is 391. The molecule has 0 saturated carbocycles. The van der Waals surface area contributed by atoms with E-state index in [9.17, 15) is 4.79 Å². The van der Waals surface area contributed by atoms with Crippen LogP contribution >= 0.6 is 0 Å². The first-order chi connectivity index (χ1) is 9.13. The molecule has 4 heteroatoms. The zero-order valence-electron chi connectivity index (χ0n) is 11.8. The average Bonchev–Trinajstić information content (AvgIpc) is 2.38. The Morgan fingerprint density at radius 2 is 2.11 bits per heavy atom. The lowest BCUT2D eigenvalue weighted by molar-refractivity contribution is -0.116. The monoisotopic (exact) mass is 264 g/mol. The fourth-order valence-corrected chi connectivity index (χ4v) is 1.69. The largest absolute Gasteiger partial charge is 0.381 e. The summed E-state index contributed by atoms with van der Waals surface area (Å²) in [7, 11) is 0. The van der Waals surface area contributed by atoms with E-state index in [1.54, 1.807) is 0 Å². The minimum absolute atomic E-state index is 0.00838. The number of anilines is 1. The Balaban J connectivity index is 2.27. The van der Waals surface area contributed by atoms with Gasteiger partial charge in [0.1, 0.15) is 0 Å². The highest BCUT2D eigenvalue weighted by molar-refractivity contribution is 5.91. The topological polar surface area (TPSA) is 64.3 Å². The highest BCUT2D eigenvalue weighted by Gasteiger charge is 2.05. The molecule has 19 heavy (non-hydrogen) atoms. The Labute approximate surface area is 115 Å². The van der Waals surface area contributed by atoms with Crippen LogP contribution in [-0.4, -0.2) is 19.1 Å². The number of para-hydroxylation sites is 1. The zero-order valence-corrected chi connectivity index (χ0v) is 11.8. The van der Waals surface area contributed by atoms with Crippen molar-refractivity contribution in [3.8, 4) is 0 Å². The molecule has 4 nitrogen and oxygen atoms in total. The maximum atomic E-state index is 11.8. The van der Waals surface area contributed by atoms with E-state index in [0.717, 1.165) is 24.3 Å². The summed E-state index contributed by atoms with van der Waals surface area (Å²) in [6.07, 6.45) is 1.21. The predicted molar refractivity (Wildman–Crippen MR) is 77.9 cm³/mol. The molecule has 1 rings (SSSR count). The van der Waals surface area contributed by atoms with Gasteiger partial charge in [-0.15, -0.1) is 0 Å². The van der Waals surface area contributed by atoms with Crippen molar-refractivity contribution in [1.82, 2.24) is 0 Å². The molecule has 0 saturated heterocycles. The van der Waals surface area contributed by atoms with Crippen LogP contribution in [0.25, 0.3) is 0 Å². The van der Waals surface area contributed by atoms with Gasteiger partial charge in [0.2, 0.25) is 5.91 Å². The lowest BCUT2D eigenvalue weighted by atomic mass is 10.1. The van der Waals surface area contributed by atoms with Gasteiger partial charge in [-0.05, 0) is 24.0 Å². The van der Waals surface area contributed by atoms with E-state index >= 15 is 0 Å². The average molecular weight is 264 g/mol. The van der Waals surface area contributed by atoms with E-state index in [4.69, 9.17) is 10.5 Å². The van der Waals surface area contributed by atoms with Crippen LogP contribution in [0.15, 0.2) is 24.3 Å². The van der Waals surface area contributed by atoms with Crippen LogP contribution in [0.3, 0.4) is 0 Å². The van der Waals surface area contributed by atoms with Gasteiger partial charge in [-0.2, -0.15) is 0 Å². The van der Waals surface area contributed by atoms with Gasteiger partial charge >= 0.3 is 0 Å². The highest BCUT2D eigenvalue weighted by atomic mass is 16.5. The van der Waals surface area contributed by atoms with E-state index in [-0.39, 0.29) is 5.91 Å². The summed E-state index contributed by atoms with van der Waals surface area (Å²) in [5.41, 5.74) is 7.38. The molecule has 0 aromatic heterocycles. The second-order valence-corrected chi connectivity index (χ2v) is 4.98. The Kier molecular flexibility index (Phi) is 7.15. The van der Waals surface area contributed by atoms with Crippen LogP contribution in [0.5, 0.6) is 0 Å². The molecule has 0 unspecified atom stereocenters.